The van der Waals surface area contributed by atoms with Crippen LogP contribution >= 0.6 is 11.8 Å². The molecule has 4 aliphatic heterocycles. The Kier molecular flexibility index (Phi) is 28.7. The number of carbonyl (C=O) groups excluding carboxylic acids is 7. The number of carboxylic acid groups (broad SMARTS) is 3. The zero-order chi connectivity index (χ0) is 67.7. The molecule has 1 unspecified atom stereocenters. The Bertz CT molecular complexity index is 3140. The average molecular weight is 1330 g/mol. The number of hydrogen-bond donors (Lipinski definition) is 6. The predicted octanol–water partition coefficient (Wildman–Crippen LogP) is 2.95. The van der Waals surface area contributed by atoms with Crippen LogP contribution in [0.15, 0.2) is 54.7 Å². The number of imide groups is 1. The number of fused-ring (bicyclic) bond motifs is 1. The summed E-state index contributed by atoms with van der Waals surface area (Å²) in [6.45, 7) is 2.71. The molecule has 5 heterocycles. The van der Waals surface area contributed by atoms with E-state index in [1.54, 1.807) is 43.9 Å². The summed E-state index contributed by atoms with van der Waals surface area (Å²) in [4.78, 5) is 144. The second-order valence-electron chi connectivity index (χ2n) is 24.7. The third-order valence-corrected chi connectivity index (χ3v) is 18.8. The number of hydrogen-bond acceptors (Lipinski definition) is 18. The van der Waals surface area contributed by atoms with Gasteiger partial charge < -0.3 is 45.8 Å². The summed E-state index contributed by atoms with van der Waals surface area (Å²) < 4.78 is 34.0. The van der Waals surface area contributed by atoms with Gasteiger partial charge in [-0.25, -0.2) is 8.78 Å². The fraction of sp³-hybridized carbons (Fsp3) is 0.600. The first-order chi connectivity index (χ1) is 45.0. The molecule has 0 saturated carbocycles. The van der Waals surface area contributed by atoms with Gasteiger partial charge in [-0.1, -0.05) is 42.7 Å². The summed E-state index contributed by atoms with van der Waals surface area (Å²) in [6, 6.07) is 15.2. The summed E-state index contributed by atoms with van der Waals surface area (Å²) in [5.74, 6) is -8.80. The van der Waals surface area contributed by atoms with Crippen molar-refractivity contribution in [1.29, 1.82) is 5.26 Å². The van der Waals surface area contributed by atoms with Crippen molar-refractivity contribution in [3.05, 3.63) is 71.4 Å². The van der Waals surface area contributed by atoms with Crippen molar-refractivity contribution in [3.8, 4) is 11.8 Å². The van der Waals surface area contributed by atoms with Crippen LogP contribution in [0.2, 0.25) is 0 Å². The Morgan fingerprint density at radius 2 is 1.36 bits per heavy atom. The lowest BCUT2D eigenvalue weighted by Gasteiger charge is -2.33. The highest BCUT2D eigenvalue weighted by atomic mass is 32.2. The highest BCUT2D eigenvalue weighted by Crippen LogP contribution is 2.33. The molecule has 0 radical (unpaired) electrons. The second kappa shape index (κ2) is 36.7. The van der Waals surface area contributed by atoms with Crippen LogP contribution < -0.4 is 20.7 Å². The molecule has 0 spiro atoms. The maximum atomic E-state index is 14.1. The lowest BCUT2D eigenvalue weighted by Crippen LogP contribution is -2.50. The molecule has 3 aromatic rings. The van der Waals surface area contributed by atoms with Crippen LogP contribution in [0.5, 0.6) is 5.75 Å². The molecule has 6 N–H and O–H groups in total. The number of aliphatic carboxylic acids is 3. The number of unbranched alkanes of at least 4 members (excludes halogenated alkanes) is 2. The first-order valence-electron chi connectivity index (χ1n) is 32.3. The van der Waals surface area contributed by atoms with Crippen molar-refractivity contribution < 1.29 is 76.8 Å². The van der Waals surface area contributed by atoms with Crippen LogP contribution in [0.1, 0.15) is 98.5 Å². The topological polar surface area (TPSA) is 336 Å². The molecule has 3 atom stereocenters. The van der Waals surface area contributed by atoms with Crippen LogP contribution in [0.25, 0.3) is 10.9 Å². The largest absolute Gasteiger partial charge is 0.494 e. The molecular formula is C65H88F2N12O14S. The summed E-state index contributed by atoms with van der Waals surface area (Å²) in [5, 5.41) is 46.0. The number of nitriles is 1. The minimum Gasteiger partial charge on any atom is -0.494 e. The van der Waals surface area contributed by atoms with Crippen LogP contribution in [0.4, 0.5) is 8.78 Å². The zero-order valence-electron chi connectivity index (χ0n) is 53.4. The Balaban J connectivity index is 0.881. The van der Waals surface area contributed by atoms with E-state index in [1.807, 2.05) is 11.8 Å². The van der Waals surface area contributed by atoms with Crippen LogP contribution in [-0.4, -0.2) is 267 Å². The standard InChI is InChI=1S/C65H88F2N12O14S/c1-45-11-13-46(14-12-45)7-5-10-55(80)70-20-4-2-3-9-50(37-71-56(81)39-73-24-26-74(41-60(85)86)28-30-76(43-62(89)90)31-29-75(27-25-73)42-61(87)88)94-54-34-57(82)78(64(54)92)40-59(84)77-22-18-47(19-23-77)8-6-32-93-49-15-16-53-52(33-49)51(17-21-69-53)63(91)72-38-58(83)79-44-65(66,67)35-48(79)36-68/h11-17,21,33,47-48,50,54H,2-10,18-20,22-32,34-35,37-44H2,1H3,(H,70,80)(H,71,81)(H,72,91)(H,85,86)(H,87,88)(H,89,90)/t48-,50-,54?/m1/s1. The molecule has 4 aliphatic rings. The number of halogens is 2. The van der Waals surface area contributed by atoms with Crippen molar-refractivity contribution in [2.24, 2.45) is 5.92 Å². The summed E-state index contributed by atoms with van der Waals surface area (Å²) in [5.41, 5.74) is 3.02. The van der Waals surface area contributed by atoms with Crippen molar-refractivity contribution >= 4 is 81.9 Å². The normalized spacial score (nSPS) is 19.2. The van der Waals surface area contributed by atoms with Gasteiger partial charge in [0, 0.05) is 115 Å². The number of alkyl halides is 2. The number of nitrogens with zero attached hydrogens (tertiary/aromatic N) is 9. The number of nitrogens with one attached hydrogen (secondary N) is 3. The number of thioether (sulfide) groups is 1. The molecule has 2 aromatic carbocycles. The second-order valence-corrected chi connectivity index (χ2v) is 26.2. The van der Waals surface area contributed by atoms with E-state index in [0.717, 1.165) is 35.5 Å². The molecular weight excluding hydrogens is 1240 g/mol. The molecule has 0 aliphatic carbocycles. The van der Waals surface area contributed by atoms with Gasteiger partial charge in [0.05, 0.1) is 68.3 Å². The van der Waals surface area contributed by atoms with Gasteiger partial charge in [0.15, 0.2) is 0 Å². The molecule has 512 valence electrons. The summed E-state index contributed by atoms with van der Waals surface area (Å²) in [6.07, 6.45) is 7.94. The Labute approximate surface area is 550 Å². The fourth-order valence-electron chi connectivity index (χ4n) is 12.1. The predicted molar refractivity (Wildman–Crippen MR) is 343 cm³/mol. The summed E-state index contributed by atoms with van der Waals surface area (Å²) >= 11 is 1.28. The molecule has 1 aromatic heterocycles. The third kappa shape index (κ3) is 24.1. The monoisotopic (exact) mass is 1330 g/mol. The smallest absolute Gasteiger partial charge is 0.317 e. The van der Waals surface area contributed by atoms with Gasteiger partial charge in [-0.2, -0.15) is 5.26 Å². The lowest BCUT2D eigenvalue weighted by atomic mass is 9.92. The van der Waals surface area contributed by atoms with Crippen LogP contribution in [0, 0.1) is 24.2 Å². The fourth-order valence-corrected chi connectivity index (χ4v) is 13.5. The number of likely N-dealkylation sites (tertiary alicyclic amines) is 3. The molecule has 29 heteroatoms. The van der Waals surface area contributed by atoms with Gasteiger partial charge in [0.1, 0.15) is 18.3 Å². The number of pyridine rings is 1. The van der Waals surface area contributed by atoms with E-state index in [4.69, 9.17) is 4.74 Å². The number of ether oxygens (including phenoxy) is 1. The number of carbonyl (C=O) groups is 10. The third-order valence-electron chi connectivity index (χ3n) is 17.4. The highest BCUT2D eigenvalue weighted by molar-refractivity contribution is 8.01. The van der Waals surface area contributed by atoms with Crippen LogP contribution in [-0.2, 0) is 49.6 Å². The Morgan fingerprint density at radius 3 is 1.98 bits per heavy atom. The maximum Gasteiger partial charge on any atom is 0.317 e. The van der Waals surface area contributed by atoms with Crippen molar-refractivity contribution in [2.45, 2.75) is 113 Å². The maximum absolute atomic E-state index is 14.1. The van der Waals surface area contributed by atoms with Gasteiger partial charge in [0.25, 0.3) is 11.8 Å². The minimum absolute atomic E-state index is 0.0300. The molecule has 7 amide bonds. The average Bonchev–Trinajstić information content (AvgIpc) is 1.27. The Hall–Kier alpha value is -7.91. The van der Waals surface area contributed by atoms with Crippen molar-refractivity contribution in [1.82, 2.24) is 55.2 Å². The summed E-state index contributed by atoms with van der Waals surface area (Å²) in [7, 11) is 0. The van der Waals surface area contributed by atoms with Gasteiger partial charge in [-0.15, -0.1) is 11.8 Å². The quantitative estimate of drug-likeness (QED) is 0.0386. The molecule has 94 heavy (non-hydrogen) atoms. The number of aryl methyl sites for hydroxylation is 2. The molecule has 4 fully saturated rings. The van der Waals surface area contributed by atoms with Gasteiger partial charge in [-0.05, 0) is 94.0 Å². The number of rotatable bonds is 32. The molecule has 0 bridgehead atoms. The van der Waals surface area contributed by atoms with E-state index in [0.29, 0.717) is 87.8 Å². The van der Waals surface area contributed by atoms with E-state index >= 15 is 0 Å². The minimum atomic E-state index is -3.19. The van der Waals surface area contributed by atoms with Gasteiger partial charge in [-0.3, -0.25) is 77.4 Å². The highest BCUT2D eigenvalue weighted by Gasteiger charge is 2.47. The first-order valence-corrected chi connectivity index (χ1v) is 33.2. The van der Waals surface area contributed by atoms with E-state index < -0.39 is 84.8 Å². The van der Waals surface area contributed by atoms with Crippen LogP contribution in [0.3, 0.4) is 0 Å². The van der Waals surface area contributed by atoms with Crippen molar-refractivity contribution in [2.75, 3.05) is 131 Å². The molecule has 4 saturated heterocycles. The Morgan fingerprint density at radius 1 is 0.734 bits per heavy atom. The molecule has 26 nitrogen and oxygen atoms in total. The van der Waals surface area contributed by atoms with Gasteiger partial charge >= 0.3 is 17.9 Å². The van der Waals surface area contributed by atoms with E-state index in [2.05, 4.69) is 45.2 Å². The number of benzene rings is 2. The van der Waals surface area contributed by atoms with E-state index in [1.165, 1.54) is 35.2 Å². The zero-order valence-corrected chi connectivity index (χ0v) is 54.2. The van der Waals surface area contributed by atoms with E-state index in [9.17, 15) is 77.3 Å². The van der Waals surface area contributed by atoms with Crippen molar-refractivity contribution in [3.63, 3.8) is 0 Å². The number of carboxylic acids is 3. The SMILES string of the molecule is Cc1ccc(CCCC(=O)NCCCCC[C@H](CNC(=O)CN2CCN(CC(=O)O)CCN(CC(=O)O)CCN(CC(=O)O)CC2)SC2CC(=O)N(CC(=O)N3CCC(CCCOc4ccc5nccc(C(=O)NCC(=O)N6CC(F)(F)C[C@@H]6C#N)c5c4)CC3)C2=O)cc1. The number of amides is 7. The van der Waals surface area contributed by atoms with E-state index in [-0.39, 0.29) is 126 Å². The molecule has 7 rings (SSSR count). The number of aromatic nitrogens is 1. The first kappa shape index (κ1) is 73.5. The van der Waals surface area contributed by atoms with Gasteiger partial charge in [0.2, 0.25) is 35.4 Å². The lowest BCUT2D eigenvalue weighted by molar-refractivity contribution is -0.146. The number of piperidine rings is 1.